The van der Waals surface area contributed by atoms with E-state index in [-0.39, 0.29) is 15.8 Å². The minimum absolute atomic E-state index is 0.0710. The van der Waals surface area contributed by atoms with Crippen LogP contribution in [-0.2, 0) is 17.4 Å². The number of hydrogen-bond donors (Lipinski definition) is 2. The molecular weight excluding hydrogens is 526 g/mol. The molecule has 0 aliphatic heterocycles. The molecule has 0 atom stereocenters. The summed E-state index contributed by atoms with van der Waals surface area (Å²) in [6.45, 7) is 2.77. The van der Waals surface area contributed by atoms with Gasteiger partial charge in [-0.25, -0.2) is 4.79 Å². The third kappa shape index (κ3) is 6.28. The largest absolute Gasteiger partial charge is 0.478 e. The lowest BCUT2D eigenvalue weighted by atomic mass is 10.1. The molecule has 0 amide bonds. The molecule has 0 aliphatic carbocycles. The van der Waals surface area contributed by atoms with Gasteiger partial charge in [0.2, 0.25) is 0 Å². The van der Waals surface area contributed by atoms with Gasteiger partial charge in [0.15, 0.2) is 5.60 Å². The van der Waals surface area contributed by atoms with E-state index in [1.165, 1.54) is 43.4 Å². The molecule has 35 heavy (non-hydrogen) atoms. The molecule has 0 radical (unpaired) electrons. The van der Waals surface area contributed by atoms with Gasteiger partial charge in [0.05, 0.1) is 21.2 Å². The van der Waals surface area contributed by atoms with Crippen molar-refractivity contribution in [2.75, 3.05) is 0 Å². The highest BCUT2D eigenvalue weighted by Crippen LogP contribution is 2.38. The van der Waals surface area contributed by atoms with Crippen LogP contribution in [0.15, 0.2) is 53.7 Å². The van der Waals surface area contributed by atoms with Crippen LogP contribution in [0.4, 0.5) is 13.2 Å². The first-order valence-electron chi connectivity index (χ1n) is 10.2. The molecule has 186 valence electrons. The molecule has 0 unspecified atom stereocenters. The fraction of sp³-hybridized carbons (Fsp3) is 0.250. The smallest absolute Gasteiger partial charge is 0.416 e. The van der Waals surface area contributed by atoms with E-state index in [2.05, 4.69) is 5.16 Å². The Balaban J connectivity index is 1.73. The molecule has 1 heterocycles. The molecule has 2 aromatic carbocycles. The number of nitrogens with zero attached hydrogens (tertiary/aromatic N) is 1. The van der Waals surface area contributed by atoms with Crippen molar-refractivity contribution in [2.24, 2.45) is 5.16 Å². The Morgan fingerprint density at radius 1 is 1.03 bits per heavy atom. The number of oxime groups is 1. The van der Waals surface area contributed by atoms with Crippen molar-refractivity contribution >= 4 is 46.2 Å². The number of benzene rings is 2. The zero-order valence-corrected chi connectivity index (χ0v) is 20.8. The zero-order valence-electron chi connectivity index (χ0n) is 18.5. The lowest BCUT2D eigenvalue weighted by Crippen LogP contribution is -2.38. The summed E-state index contributed by atoms with van der Waals surface area (Å²) in [5.41, 5.74) is -0.615. The van der Waals surface area contributed by atoms with Crippen molar-refractivity contribution in [1.29, 1.82) is 0 Å². The maximum absolute atomic E-state index is 12.8. The molecule has 1 aromatic heterocycles. The average molecular weight is 546 g/mol. The number of ether oxygens (including phenoxy) is 1. The van der Waals surface area contributed by atoms with E-state index in [9.17, 15) is 28.3 Å². The van der Waals surface area contributed by atoms with E-state index in [0.717, 1.165) is 17.0 Å². The predicted octanol–water partition coefficient (Wildman–Crippen LogP) is 7.79. The van der Waals surface area contributed by atoms with E-state index >= 15 is 0 Å². The number of aryl methyl sites for hydroxylation is 1. The van der Waals surface area contributed by atoms with Crippen LogP contribution < -0.4 is 4.74 Å². The van der Waals surface area contributed by atoms with Gasteiger partial charge >= 0.3 is 12.1 Å². The number of aliphatic carboxylic acids is 1. The first kappa shape index (κ1) is 26.8. The van der Waals surface area contributed by atoms with Crippen molar-refractivity contribution in [3.63, 3.8) is 0 Å². The number of rotatable bonds is 8. The normalized spacial score (nSPS) is 12.6. The second-order valence-electron chi connectivity index (χ2n) is 8.05. The van der Waals surface area contributed by atoms with Crippen molar-refractivity contribution in [3.05, 3.63) is 74.6 Å². The molecule has 11 heteroatoms. The highest BCUT2D eigenvalue weighted by molar-refractivity contribution is 7.17. The Morgan fingerprint density at radius 3 is 2.26 bits per heavy atom. The van der Waals surface area contributed by atoms with Crippen LogP contribution in [0.25, 0.3) is 10.4 Å². The van der Waals surface area contributed by atoms with E-state index in [4.69, 9.17) is 27.9 Å². The van der Waals surface area contributed by atoms with E-state index < -0.39 is 23.3 Å². The van der Waals surface area contributed by atoms with Gasteiger partial charge in [0, 0.05) is 4.88 Å². The highest BCUT2D eigenvalue weighted by Gasteiger charge is 2.31. The molecule has 3 rings (SSSR count). The predicted molar refractivity (Wildman–Crippen MR) is 130 cm³/mol. The van der Waals surface area contributed by atoms with Crippen LogP contribution in [-0.4, -0.2) is 27.6 Å². The van der Waals surface area contributed by atoms with Crippen LogP contribution >= 0.6 is 34.5 Å². The molecule has 0 aliphatic rings. The summed E-state index contributed by atoms with van der Waals surface area (Å²) in [7, 11) is 0. The Labute approximate surface area is 213 Å². The Bertz CT molecular complexity index is 1250. The SMILES string of the molecule is CC(C)(Oc1ccc(CC/C(=N/O)c2ccc(-c3ccc(C(F)(F)F)cc3)s2)c(Cl)c1Cl)C(=O)O. The Morgan fingerprint density at radius 2 is 1.69 bits per heavy atom. The maximum atomic E-state index is 12.8. The van der Waals surface area contributed by atoms with Gasteiger partial charge in [0.25, 0.3) is 0 Å². The van der Waals surface area contributed by atoms with Crippen molar-refractivity contribution in [1.82, 2.24) is 0 Å². The Kier molecular flexibility index (Phi) is 8.03. The minimum atomic E-state index is -4.41. The molecule has 3 aromatic rings. The second-order valence-corrected chi connectivity index (χ2v) is 9.89. The zero-order chi connectivity index (χ0) is 26.0. The minimum Gasteiger partial charge on any atom is -0.478 e. The van der Waals surface area contributed by atoms with E-state index in [0.29, 0.717) is 34.6 Å². The lowest BCUT2D eigenvalue weighted by molar-refractivity contribution is -0.152. The summed E-state index contributed by atoms with van der Waals surface area (Å²) in [6, 6.07) is 11.5. The summed E-state index contributed by atoms with van der Waals surface area (Å²) in [5, 5.41) is 22.4. The number of carboxylic acids is 1. The van der Waals surface area contributed by atoms with Gasteiger partial charge in [-0.1, -0.05) is 46.6 Å². The van der Waals surface area contributed by atoms with E-state index in [1.807, 2.05) is 0 Å². The van der Waals surface area contributed by atoms with Crippen LogP contribution in [0.3, 0.4) is 0 Å². The third-order valence-electron chi connectivity index (χ3n) is 5.15. The second kappa shape index (κ2) is 10.5. The summed E-state index contributed by atoms with van der Waals surface area (Å²) < 4.78 is 43.9. The number of thiophene rings is 1. The van der Waals surface area contributed by atoms with Gasteiger partial charge in [-0.05, 0) is 68.1 Å². The summed E-state index contributed by atoms with van der Waals surface area (Å²) in [5.74, 6) is -1.03. The fourth-order valence-electron chi connectivity index (χ4n) is 3.11. The van der Waals surface area contributed by atoms with Crippen LogP contribution in [0.2, 0.25) is 10.0 Å². The quantitative estimate of drug-likeness (QED) is 0.172. The van der Waals surface area contributed by atoms with Crippen LogP contribution in [0, 0.1) is 0 Å². The van der Waals surface area contributed by atoms with Gasteiger partial charge in [-0.15, -0.1) is 11.3 Å². The summed E-state index contributed by atoms with van der Waals surface area (Å²) in [4.78, 5) is 12.7. The topological polar surface area (TPSA) is 79.1 Å². The van der Waals surface area contributed by atoms with Crippen molar-refractivity contribution in [3.8, 4) is 16.2 Å². The molecule has 0 fully saturated rings. The molecule has 2 N–H and O–H groups in total. The average Bonchev–Trinajstić information content (AvgIpc) is 3.28. The lowest BCUT2D eigenvalue weighted by Gasteiger charge is -2.23. The number of halogens is 5. The highest BCUT2D eigenvalue weighted by atomic mass is 35.5. The Hall–Kier alpha value is -2.75. The molecule has 0 saturated heterocycles. The number of carboxylic acid groups (broad SMARTS) is 1. The molecule has 0 bridgehead atoms. The van der Waals surface area contributed by atoms with Gasteiger partial charge in [-0.3, -0.25) is 0 Å². The van der Waals surface area contributed by atoms with Crippen molar-refractivity contribution < 1.29 is 33.0 Å². The number of alkyl halides is 3. The number of hydrogen-bond acceptors (Lipinski definition) is 5. The molecule has 0 spiro atoms. The summed E-state index contributed by atoms with van der Waals surface area (Å²) in [6.07, 6.45) is -3.76. The molecule has 5 nitrogen and oxygen atoms in total. The third-order valence-corrected chi connectivity index (χ3v) is 7.23. The van der Waals surface area contributed by atoms with Gasteiger partial charge < -0.3 is 15.1 Å². The van der Waals surface area contributed by atoms with Crippen LogP contribution in [0.5, 0.6) is 5.75 Å². The molecular formula is C24H20Cl2F3NO4S. The molecule has 0 saturated carbocycles. The standard InChI is InChI=1S/C24H20Cl2F3NO4S/c1-23(2,22(31)32)34-17-10-6-14(20(25)21(17)26)5-9-16(30-33)19-12-11-18(35-19)13-3-7-15(8-4-13)24(27,28)29/h3-4,6-8,10-12,33H,5,9H2,1-2H3,(H,31,32)/b30-16-. The van der Waals surface area contributed by atoms with Gasteiger partial charge in [-0.2, -0.15) is 13.2 Å². The summed E-state index contributed by atoms with van der Waals surface area (Å²) >= 11 is 13.9. The van der Waals surface area contributed by atoms with Crippen molar-refractivity contribution in [2.45, 2.75) is 38.5 Å². The van der Waals surface area contributed by atoms with Gasteiger partial charge in [0.1, 0.15) is 10.8 Å². The first-order valence-corrected chi connectivity index (χ1v) is 11.8. The maximum Gasteiger partial charge on any atom is 0.416 e. The first-order chi connectivity index (χ1) is 16.3. The monoisotopic (exact) mass is 545 g/mol. The fourth-order valence-corrected chi connectivity index (χ4v) is 4.61. The van der Waals surface area contributed by atoms with E-state index in [1.54, 1.807) is 18.2 Å². The number of carbonyl (C=O) groups is 1. The van der Waals surface area contributed by atoms with Crippen LogP contribution in [0.1, 0.15) is 36.3 Å².